The molecule has 1 aliphatic carbocycles. The summed E-state index contributed by atoms with van der Waals surface area (Å²) in [5, 5.41) is 7.53. The van der Waals surface area contributed by atoms with Gasteiger partial charge in [0, 0.05) is 19.2 Å². The van der Waals surface area contributed by atoms with Gasteiger partial charge in [-0.1, -0.05) is 42.1 Å². The smallest absolute Gasteiger partial charge is 0.244 e. The number of nitrogens with zero attached hydrogens (tertiary/aromatic N) is 4. The van der Waals surface area contributed by atoms with E-state index >= 15 is 0 Å². The summed E-state index contributed by atoms with van der Waals surface area (Å²) in [6, 6.07) is 5.63. The van der Waals surface area contributed by atoms with Crippen molar-refractivity contribution in [1.29, 1.82) is 0 Å². The molecule has 0 saturated heterocycles. The zero-order valence-electron chi connectivity index (χ0n) is 15.0. The molecule has 0 atom stereocenters. The Hall–Kier alpha value is -2.67. The standard InChI is InChI=1S/C19H20ClN5O2/c1-13-21-18(24-27-13)19(10-4-2-5-11-19)23-16(26)9-8-14-17(20)22-15-7-3-6-12-25(14)15/h3,6-9,12H,2,4-5,10-11H2,1H3,(H,23,26)/b9-8-. The van der Waals surface area contributed by atoms with Gasteiger partial charge < -0.3 is 9.84 Å². The van der Waals surface area contributed by atoms with Gasteiger partial charge in [0.15, 0.2) is 11.0 Å². The summed E-state index contributed by atoms with van der Waals surface area (Å²) in [5.41, 5.74) is 0.810. The first kappa shape index (κ1) is 17.7. The van der Waals surface area contributed by atoms with Crippen LogP contribution in [0.5, 0.6) is 0 Å². The lowest BCUT2D eigenvalue weighted by Crippen LogP contribution is -2.47. The van der Waals surface area contributed by atoms with E-state index in [1.165, 1.54) is 6.08 Å². The minimum atomic E-state index is -0.583. The lowest BCUT2D eigenvalue weighted by Gasteiger charge is -2.34. The summed E-state index contributed by atoms with van der Waals surface area (Å²) in [7, 11) is 0. The first-order chi connectivity index (χ1) is 13.1. The molecule has 3 aromatic heterocycles. The third kappa shape index (κ3) is 3.47. The number of nitrogens with one attached hydrogen (secondary N) is 1. The normalized spacial score (nSPS) is 16.8. The molecule has 0 bridgehead atoms. The number of carbonyl (C=O) groups is 1. The molecule has 8 heteroatoms. The number of fused-ring (bicyclic) bond motifs is 1. The fourth-order valence-electron chi connectivity index (χ4n) is 3.62. The van der Waals surface area contributed by atoms with E-state index in [1.54, 1.807) is 13.0 Å². The molecule has 1 aliphatic rings. The molecule has 1 fully saturated rings. The second-order valence-electron chi connectivity index (χ2n) is 6.82. The zero-order chi connectivity index (χ0) is 18.9. The molecule has 7 nitrogen and oxygen atoms in total. The van der Waals surface area contributed by atoms with Gasteiger partial charge in [-0.05, 0) is 31.1 Å². The molecule has 27 heavy (non-hydrogen) atoms. The van der Waals surface area contributed by atoms with Crippen LogP contribution in [0.25, 0.3) is 11.7 Å². The second-order valence-corrected chi connectivity index (χ2v) is 7.18. The molecule has 0 unspecified atom stereocenters. The van der Waals surface area contributed by atoms with Crippen LogP contribution in [0.2, 0.25) is 5.15 Å². The molecular formula is C19H20ClN5O2. The molecule has 1 N–H and O–H groups in total. The Morgan fingerprint density at radius 3 is 2.85 bits per heavy atom. The predicted octanol–water partition coefficient (Wildman–Crippen LogP) is 3.67. The van der Waals surface area contributed by atoms with E-state index in [0.29, 0.717) is 22.6 Å². The van der Waals surface area contributed by atoms with Crippen LogP contribution < -0.4 is 5.32 Å². The molecule has 0 aromatic carbocycles. The highest BCUT2D eigenvalue weighted by atomic mass is 35.5. The summed E-state index contributed by atoms with van der Waals surface area (Å²) in [6.45, 7) is 1.75. The molecular weight excluding hydrogens is 366 g/mol. The van der Waals surface area contributed by atoms with Crippen molar-refractivity contribution in [2.24, 2.45) is 0 Å². The van der Waals surface area contributed by atoms with Gasteiger partial charge >= 0.3 is 0 Å². The second kappa shape index (κ2) is 7.15. The molecule has 140 valence electrons. The summed E-state index contributed by atoms with van der Waals surface area (Å²) in [4.78, 5) is 21.3. The first-order valence-electron chi connectivity index (χ1n) is 9.01. The van der Waals surface area contributed by atoms with Crippen LogP contribution in [0, 0.1) is 6.92 Å². The molecule has 0 aliphatic heterocycles. The number of rotatable bonds is 4. The van der Waals surface area contributed by atoms with Gasteiger partial charge in [0.05, 0.1) is 5.69 Å². The number of carbonyl (C=O) groups excluding carboxylic acids is 1. The maximum absolute atomic E-state index is 12.7. The minimum Gasteiger partial charge on any atom is -0.340 e. The molecule has 3 heterocycles. The van der Waals surface area contributed by atoms with Crippen molar-refractivity contribution in [3.63, 3.8) is 0 Å². The fraction of sp³-hybridized carbons (Fsp3) is 0.368. The highest BCUT2D eigenvalue weighted by Gasteiger charge is 2.39. The maximum Gasteiger partial charge on any atom is 0.244 e. The number of amides is 1. The third-order valence-electron chi connectivity index (χ3n) is 4.94. The van der Waals surface area contributed by atoms with Gasteiger partial charge in [-0.15, -0.1) is 0 Å². The SMILES string of the molecule is Cc1nc(C2(NC(=O)/C=C\c3c(Cl)nc4ccccn34)CCCCC2)no1. The van der Waals surface area contributed by atoms with Gasteiger partial charge in [-0.25, -0.2) is 4.98 Å². The van der Waals surface area contributed by atoms with Crippen molar-refractivity contribution in [1.82, 2.24) is 24.8 Å². The number of aromatic nitrogens is 4. The Bertz CT molecular complexity index is 1000. The first-order valence-corrected chi connectivity index (χ1v) is 9.39. The Labute approximate surface area is 161 Å². The van der Waals surface area contributed by atoms with Crippen molar-refractivity contribution < 1.29 is 9.32 Å². The quantitative estimate of drug-likeness (QED) is 0.692. The number of hydrogen-bond acceptors (Lipinski definition) is 5. The number of imidazole rings is 1. The minimum absolute atomic E-state index is 0.221. The number of pyridine rings is 1. The van der Waals surface area contributed by atoms with Gasteiger partial charge in [-0.2, -0.15) is 4.98 Å². The van der Waals surface area contributed by atoms with Crippen LogP contribution in [0.4, 0.5) is 0 Å². The van der Waals surface area contributed by atoms with E-state index in [2.05, 4.69) is 20.4 Å². The van der Waals surface area contributed by atoms with Crippen LogP contribution >= 0.6 is 11.6 Å². The molecule has 0 radical (unpaired) electrons. The molecule has 4 rings (SSSR count). The van der Waals surface area contributed by atoms with Crippen molar-refractivity contribution in [3.8, 4) is 0 Å². The van der Waals surface area contributed by atoms with Crippen molar-refractivity contribution in [3.05, 3.63) is 53.0 Å². The number of halogens is 1. The number of hydrogen-bond donors (Lipinski definition) is 1. The number of aryl methyl sites for hydroxylation is 1. The topological polar surface area (TPSA) is 85.3 Å². The van der Waals surface area contributed by atoms with Crippen molar-refractivity contribution >= 4 is 29.2 Å². The van der Waals surface area contributed by atoms with E-state index in [9.17, 15) is 4.79 Å². The van der Waals surface area contributed by atoms with E-state index in [-0.39, 0.29) is 5.91 Å². The Morgan fingerprint density at radius 1 is 1.30 bits per heavy atom. The summed E-state index contributed by atoms with van der Waals surface area (Å²) >= 11 is 6.22. The Kier molecular flexibility index (Phi) is 4.70. The maximum atomic E-state index is 12.7. The highest BCUT2D eigenvalue weighted by Crippen LogP contribution is 2.35. The van der Waals surface area contributed by atoms with Crippen LogP contribution in [-0.2, 0) is 10.3 Å². The predicted molar refractivity (Wildman–Crippen MR) is 101 cm³/mol. The van der Waals surface area contributed by atoms with E-state index < -0.39 is 5.54 Å². The van der Waals surface area contributed by atoms with Gasteiger partial charge in [0.25, 0.3) is 0 Å². The average molecular weight is 386 g/mol. The van der Waals surface area contributed by atoms with Crippen LogP contribution in [0.1, 0.15) is 49.5 Å². The van der Waals surface area contributed by atoms with Gasteiger partial charge in [0.2, 0.25) is 11.8 Å². The summed E-state index contributed by atoms with van der Waals surface area (Å²) in [6.07, 6.45) is 9.76. The van der Waals surface area contributed by atoms with Crippen molar-refractivity contribution in [2.75, 3.05) is 0 Å². The van der Waals surface area contributed by atoms with Gasteiger partial charge in [-0.3, -0.25) is 9.20 Å². The van der Waals surface area contributed by atoms with E-state index in [4.69, 9.17) is 16.1 Å². The zero-order valence-corrected chi connectivity index (χ0v) is 15.7. The lowest BCUT2D eigenvalue weighted by atomic mass is 9.81. The van der Waals surface area contributed by atoms with Crippen LogP contribution in [0.15, 0.2) is 35.0 Å². The Balaban J connectivity index is 1.58. The van der Waals surface area contributed by atoms with Crippen molar-refractivity contribution in [2.45, 2.75) is 44.6 Å². The van der Waals surface area contributed by atoms with Gasteiger partial charge in [0.1, 0.15) is 11.2 Å². The lowest BCUT2D eigenvalue weighted by molar-refractivity contribution is -0.119. The summed E-state index contributed by atoms with van der Waals surface area (Å²) in [5.74, 6) is 0.827. The highest BCUT2D eigenvalue weighted by molar-refractivity contribution is 6.31. The molecule has 0 spiro atoms. The third-order valence-corrected chi connectivity index (χ3v) is 5.22. The molecule has 1 saturated carbocycles. The fourth-order valence-corrected chi connectivity index (χ4v) is 3.86. The van der Waals surface area contributed by atoms with Crippen LogP contribution in [0.3, 0.4) is 0 Å². The largest absolute Gasteiger partial charge is 0.340 e. The summed E-state index contributed by atoms with van der Waals surface area (Å²) < 4.78 is 6.99. The van der Waals surface area contributed by atoms with Crippen LogP contribution in [-0.4, -0.2) is 25.4 Å². The van der Waals surface area contributed by atoms with E-state index in [0.717, 1.165) is 37.8 Å². The Morgan fingerprint density at radius 2 is 2.11 bits per heavy atom. The molecule has 1 amide bonds. The monoisotopic (exact) mass is 385 g/mol. The molecule has 3 aromatic rings. The van der Waals surface area contributed by atoms with E-state index in [1.807, 2.05) is 28.8 Å². The average Bonchev–Trinajstić information content (AvgIpc) is 3.24.